The van der Waals surface area contributed by atoms with Crippen LogP contribution in [0.25, 0.3) is 0 Å². The maximum atomic E-state index is 12.9. The van der Waals surface area contributed by atoms with Gasteiger partial charge in [0.1, 0.15) is 11.1 Å². The first kappa shape index (κ1) is 43.5. The zero-order valence-electron chi connectivity index (χ0n) is 34.4. The van der Waals surface area contributed by atoms with Gasteiger partial charge in [0, 0.05) is 109 Å². The van der Waals surface area contributed by atoms with Gasteiger partial charge in [0.15, 0.2) is 0 Å². The molecule has 2 aliphatic heterocycles. The van der Waals surface area contributed by atoms with Gasteiger partial charge in [0.25, 0.3) is 22.9 Å². The number of carbonyl (C=O) groups excluding carboxylic acids is 2. The molecule has 2 fully saturated rings. The highest BCUT2D eigenvalue weighted by molar-refractivity contribution is 6.31. The van der Waals surface area contributed by atoms with Gasteiger partial charge in [-0.2, -0.15) is 0 Å². The van der Waals surface area contributed by atoms with Crippen molar-refractivity contribution >= 4 is 80.5 Å². The van der Waals surface area contributed by atoms with Gasteiger partial charge in [-0.1, -0.05) is 29.3 Å². The molecule has 4 aromatic carbocycles. The van der Waals surface area contributed by atoms with E-state index in [1.165, 1.54) is 12.4 Å². The number of carbonyl (C=O) groups is 2. The number of anilines is 8. The standard InChI is InChI=1S/2C23H24ClN5O2/c1-28-12-14-29(15-13-28)19-8-6-18(7-9-19)27-23(31)21-20(10-11-25-22(21)30)26-17-4-2-16(24)3-5-17;1-28-11-13-29(14-12-28)19-7-5-17(6-8-19)27-23(31)21-20(9-10-25-22(21)30)26-18-4-2-3-16(24)15-18/h2-11H,12-15H2,1H3,(H,27,31)(H2,25,26,30);2-10,15H,11-14H2,1H3,(H,27,31)(H2,25,26,30). The minimum atomic E-state index is -0.487. The van der Waals surface area contributed by atoms with E-state index >= 15 is 0 Å². The van der Waals surface area contributed by atoms with Crippen molar-refractivity contribution in [3.63, 3.8) is 0 Å². The molecule has 16 heteroatoms. The summed E-state index contributed by atoms with van der Waals surface area (Å²) in [6, 6.07) is 32.8. The van der Waals surface area contributed by atoms with Crippen LogP contribution in [-0.4, -0.2) is 98.0 Å². The van der Waals surface area contributed by atoms with Crippen molar-refractivity contribution in [2.24, 2.45) is 0 Å². The first-order chi connectivity index (χ1) is 30.0. The first-order valence-corrected chi connectivity index (χ1v) is 20.9. The molecule has 2 aliphatic rings. The fraction of sp³-hybridized carbons (Fsp3) is 0.217. The van der Waals surface area contributed by atoms with Gasteiger partial charge in [-0.3, -0.25) is 19.2 Å². The minimum Gasteiger partial charge on any atom is -0.369 e. The molecule has 320 valence electrons. The molecule has 8 rings (SSSR count). The number of nitrogens with one attached hydrogen (secondary N) is 6. The summed E-state index contributed by atoms with van der Waals surface area (Å²) in [5.41, 5.74) is 4.79. The lowest BCUT2D eigenvalue weighted by Crippen LogP contribution is -2.44. The second-order valence-corrected chi connectivity index (χ2v) is 15.9. The minimum absolute atomic E-state index is 0.00520. The molecule has 0 bridgehead atoms. The largest absolute Gasteiger partial charge is 0.369 e. The Morgan fingerprint density at radius 1 is 0.500 bits per heavy atom. The van der Waals surface area contributed by atoms with Gasteiger partial charge in [-0.25, -0.2) is 0 Å². The summed E-state index contributed by atoms with van der Waals surface area (Å²) in [5, 5.41) is 13.0. The van der Waals surface area contributed by atoms with Crippen molar-refractivity contribution in [3.05, 3.63) is 163 Å². The Labute approximate surface area is 369 Å². The number of H-pyrrole nitrogens is 2. The molecule has 0 atom stereocenters. The molecule has 2 amide bonds. The van der Waals surface area contributed by atoms with Crippen molar-refractivity contribution in [2.45, 2.75) is 0 Å². The van der Waals surface area contributed by atoms with Gasteiger partial charge in [-0.15, -0.1) is 0 Å². The number of aromatic amines is 2. The van der Waals surface area contributed by atoms with E-state index in [1.807, 2.05) is 54.6 Å². The summed E-state index contributed by atoms with van der Waals surface area (Å²) in [6.45, 7) is 8.00. The molecule has 0 spiro atoms. The van der Waals surface area contributed by atoms with E-state index < -0.39 is 22.9 Å². The van der Waals surface area contributed by atoms with Crippen LogP contribution >= 0.6 is 23.2 Å². The Hall–Kier alpha value is -6.58. The van der Waals surface area contributed by atoms with Crippen LogP contribution in [0.1, 0.15) is 20.7 Å². The van der Waals surface area contributed by atoms with Crippen molar-refractivity contribution in [3.8, 4) is 0 Å². The molecule has 6 aromatic rings. The number of hydrogen-bond donors (Lipinski definition) is 6. The van der Waals surface area contributed by atoms with Crippen LogP contribution in [0.3, 0.4) is 0 Å². The molecule has 2 saturated heterocycles. The fourth-order valence-corrected chi connectivity index (χ4v) is 7.37. The first-order valence-electron chi connectivity index (χ1n) is 20.2. The summed E-state index contributed by atoms with van der Waals surface area (Å²) in [7, 11) is 4.24. The number of rotatable bonds is 10. The average molecular weight is 876 g/mol. The number of aromatic nitrogens is 2. The number of nitrogens with zero attached hydrogens (tertiary/aromatic N) is 4. The molecule has 14 nitrogen and oxygen atoms in total. The SMILES string of the molecule is CN1CCN(c2ccc(NC(=O)c3c(Nc4ccc(Cl)cc4)cc[nH]c3=O)cc2)CC1.CN1CCN(c2ccc(NC(=O)c3c(Nc4cccc(Cl)c4)cc[nH]c3=O)cc2)CC1. The van der Waals surface area contributed by atoms with Crippen LogP contribution in [0.15, 0.2) is 131 Å². The van der Waals surface area contributed by atoms with Crippen LogP contribution in [0, 0.1) is 0 Å². The fourth-order valence-electron chi connectivity index (χ4n) is 7.05. The number of benzene rings is 4. The topological polar surface area (TPSA) is 161 Å². The zero-order valence-corrected chi connectivity index (χ0v) is 35.9. The summed E-state index contributed by atoms with van der Waals surface area (Å²) in [5.74, 6) is -0.968. The van der Waals surface area contributed by atoms with Gasteiger partial charge in [0.05, 0.1) is 11.4 Å². The van der Waals surface area contributed by atoms with E-state index in [4.69, 9.17) is 23.2 Å². The smallest absolute Gasteiger partial charge is 0.263 e. The van der Waals surface area contributed by atoms with Gasteiger partial charge < -0.3 is 50.8 Å². The molecule has 6 N–H and O–H groups in total. The van der Waals surface area contributed by atoms with Gasteiger partial charge in [-0.05, 0) is 117 Å². The third-order valence-corrected chi connectivity index (χ3v) is 11.1. The van der Waals surface area contributed by atoms with Crippen molar-refractivity contribution < 1.29 is 9.59 Å². The maximum absolute atomic E-state index is 12.9. The number of amides is 2. The highest BCUT2D eigenvalue weighted by Crippen LogP contribution is 2.25. The van der Waals surface area contributed by atoms with E-state index in [-0.39, 0.29) is 11.1 Å². The van der Waals surface area contributed by atoms with Gasteiger partial charge >= 0.3 is 0 Å². The Kier molecular flexibility index (Phi) is 14.3. The number of piperazine rings is 2. The maximum Gasteiger partial charge on any atom is 0.263 e. The highest BCUT2D eigenvalue weighted by atomic mass is 35.5. The number of hydrogen-bond acceptors (Lipinski definition) is 10. The predicted octanol–water partition coefficient (Wildman–Crippen LogP) is 7.55. The lowest BCUT2D eigenvalue weighted by molar-refractivity contribution is 0.101. The van der Waals surface area contributed by atoms with Crippen LogP contribution in [-0.2, 0) is 0 Å². The van der Waals surface area contributed by atoms with Crippen LogP contribution in [0.2, 0.25) is 10.0 Å². The Bertz CT molecular complexity index is 2590. The molecular formula is C46H48Cl2N10O4. The molecule has 62 heavy (non-hydrogen) atoms. The number of likely N-dealkylation sites (N-methyl/N-ethyl adjacent to an activating group) is 2. The normalized spacial score (nSPS) is 14.3. The quantitative estimate of drug-likeness (QED) is 0.0812. The number of pyridine rings is 2. The molecule has 2 aromatic heterocycles. The highest BCUT2D eigenvalue weighted by Gasteiger charge is 2.20. The third kappa shape index (κ3) is 11.4. The van der Waals surface area contributed by atoms with E-state index in [9.17, 15) is 19.2 Å². The molecule has 4 heterocycles. The number of halogens is 2. The molecule has 0 aliphatic carbocycles. The summed E-state index contributed by atoms with van der Waals surface area (Å²) in [4.78, 5) is 65.1. The Balaban J connectivity index is 0.000000186. The van der Waals surface area contributed by atoms with Crippen LogP contribution in [0.5, 0.6) is 0 Å². The Morgan fingerprint density at radius 3 is 1.35 bits per heavy atom. The summed E-state index contributed by atoms with van der Waals surface area (Å²) >= 11 is 12.0. The molecule has 0 unspecified atom stereocenters. The second kappa shape index (κ2) is 20.3. The molecule has 0 radical (unpaired) electrons. The van der Waals surface area contributed by atoms with Crippen molar-refractivity contribution in [2.75, 3.05) is 97.5 Å². The lowest BCUT2D eigenvalue weighted by Gasteiger charge is -2.34. The molecule has 0 saturated carbocycles. The predicted molar refractivity (Wildman–Crippen MR) is 252 cm³/mol. The van der Waals surface area contributed by atoms with E-state index in [0.717, 1.165) is 69.4 Å². The van der Waals surface area contributed by atoms with Gasteiger partial charge in [0.2, 0.25) is 0 Å². The van der Waals surface area contributed by atoms with Crippen molar-refractivity contribution in [1.82, 2.24) is 19.8 Å². The summed E-state index contributed by atoms with van der Waals surface area (Å²) in [6.07, 6.45) is 3.00. The molecular weight excluding hydrogens is 827 g/mol. The zero-order chi connectivity index (χ0) is 43.6. The van der Waals surface area contributed by atoms with Crippen LogP contribution < -0.4 is 42.2 Å². The average Bonchev–Trinajstić information content (AvgIpc) is 3.26. The lowest BCUT2D eigenvalue weighted by atomic mass is 10.2. The van der Waals surface area contributed by atoms with Crippen molar-refractivity contribution in [1.29, 1.82) is 0 Å². The van der Waals surface area contributed by atoms with E-state index in [1.54, 1.807) is 54.6 Å². The van der Waals surface area contributed by atoms with Crippen LogP contribution in [0.4, 0.5) is 45.5 Å². The van der Waals surface area contributed by atoms with E-state index in [2.05, 4.69) is 64.9 Å². The summed E-state index contributed by atoms with van der Waals surface area (Å²) < 4.78 is 0. The monoisotopic (exact) mass is 874 g/mol. The van der Waals surface area contributed by atoms with E-state index in [0.29, 0.717) is 38.5 Å². The third-order valence-electron chi connectivity index (χ3n) is 10.6. The Morgan fingerprint density at radius 2 is 0.919 bits per heavy atom. The second-order valence-electron chi connectivity index (χ2n) is 15.0.